The van der Waals surface area contributed by atoms with Crippen molar-refractivity contribution in [2.24, 2.45) is 5.73 Å². The predicted molar refractivity (Wildman–Crippen MR) is 70.1 cm³/mol. The molecule has 0 bridgehead atoms. The SMILES string of the molecule is CCOC(=O)Cc1c(CN)cnc(C(F)F)c1I. The average Bonchev–Trinajstić information content (AvgIpc) is 2.31. The molecule has 100 valence electrons. The van der Waals surface area contributed by atoms with Crippen molar-refractivity contribution in [2.45, 2.75) is 26.3 Å². The lowest BCUT2D eigenvalue weighted by Gasteiger charge is -2.12. The van der Waals surface area contributed by atoms with Gasteiger partial charge in [-0.25, -0.2) is 8.78 Å². The molecule has 0 aliphatic carbocycles. The maximum atomic E-state index is 12.7. The van der Waals surface area contributed by atoms with Crippen molar-refractivity contribution < 1.29 is 18.3 Å². The smallest absolute Gasteiger partial charge is 0.310 e. The van der Waals surface area contributed by atoms with Gasteiger partial charge in [-0.3, -0.25) is 9.78 Å². The number of pyridine rings is 1. The van der Waals surface area contributed by atoms with Gasteiger partial charge in [-0.05, 0) is 40.6 Å². The lowest BCUT2D eigenvalue weighted by Crippen LogP contribution is -2.14. The molecule has 0 amide bonds. The highest BCUT2D eigenvalue weighted by atomic mass is 127. The summed E-state index contributed by atoms with van der Waals surface area (Å²) in [4.78, 5) is 15.1. The summed E-state index contributed by atoms with van der Waals surface area (Å²) in [7, 11) is 0. The van der Waals surface area contributed by atoms with Gasteiger partial charge in [0.05, 0.1) is 13.0 Å². The lowest BCUT2D eigenvalue weighted by molar-refractivity contribution is -0.142. The Labute approximate surface area is 117 Å². The Kier molecular flexibility index (Phi) is 5.86. The van der Waals surface area contributed by atoms with Crippen LogP contribution in [-0.2, 0) is 22.5 Å². The summed E-state index contributed by atoms with van der Waals surface area (Å²) in [6.45, 7) is 2.07. The molecule has 1 aromatic rings. The maximum absolute atomic E-state index is 12.7. The number of carbonyl (C=O) groups is 1. The molecule has 2 N–H and O–H groups in total. The third-order valence-corrected chi connectivity index (χ3v) is 3.49. The number of ether oxygens (including phenoxy) is 1. The van der Waals surface area contributed by atoms with Crippen LogP contribution in [-0.4, -0.2) is 17.6 Å². The van der Waals surface area contributed by atoms with E-state index in [1.807, 2.05) is 0 Å². The number of rotatable bonds is 5. The summed E-state index contributed by atoms with van der Waals surface area (Å²) in [6.07, 6.45) is -1.45. The lowest BCUT2D eigenvalue weighted by atomic mass is 10.1. The van der Waals surface area contributed by atoms with E-state index in [4.69, 9.17) is 10.5 Å². The van der Waals surface area contributed by atoms with Crippen LogP contribution in [0.2, 0.25) is 0 Å². The minimum absolute atomic E-state index is 0.0686. The number of nitrogens with two attached hydrogens (primary N) is 1. The highest BCUT2D eigenvalue weighted by Gasteiger charge is 2.20. The molecule has 0 spiro atoms. The summed E-state index contributed by atoms with van der Waals surface area (Å²) >= 11 is 1.76. The summed E-state index contributed by atoms with van der Waals surface area (Å²) < 4.78 is 30.5. The van der Waals surface area contributed by atoms with Gasteiger partial charge in [0.1, 0.15) is 5.69 Å². The van der Waals surface area contributed by atoms with Crippen molar-refractivity contribution in [3.8, 4) is 0 Å². The van der Waals surface area contributed by atoms with Crippen LogP contribution in [0.1, 0.15) is 30.2 Å². The molecule has 0 aliphatic heterocycles. The minimum Gasteiger partial charge on any atom is -0.466 e. The third kappa shape index (κ3) is 3.58. The van der Waals surface area contributed by atoms with Gasteiger partial charge in [-0.2, -0.15) is 0 Å². The molecule has 0 radical (unpaired) electrons. The number of alkyl halides is 2. The fourth-order valence-electron chi connectivity index (χ4n) is 1.45. The van der Waals surface area contributed by atoms with Gasteiger partial charge in [0, 0.05) is 16.3 Å². The molecule has 0 aliphatic rings. The van der Waals surface area contributed by atoms with Crippen molar-refractivity contribution >= 4 is 28.6 Å². The predicted octanol–water partition coefficient (Wildman–Crippen LogP) is 2.19. The molecular formula is C11H13F2IN2O2. The number of esters is 1. The summed E-state index contributed by atoms with van der Waals surface area (Å²) in [5.74, 6) is -0.462. The van der Waals surface area contributed by atoms with Crippen LogP contribution in [0.3, 0.4) is 0 Å². The molecule has 0 saturated heterocycles. The monoisotopic (exact) mass is 370 g/mol. The van der Waals surface area contributed by atoms with Crippen LogP contribution >= 0.6 is 22.6 Å². The molecule has 1 rings (SSSR count). The van der Waals surface area contributed by atoms with E-state index in [9.17, 15) is 13.6 Å². The van der Waals surface area contributed by atoms with E-state index in [0.717, 1.165) is 0 Å². The van der Waals surface area contributed by atoms with Crippen LogP contribution in [0.25, 0.3) is 0 Å². The molecule has 18 heavy (non-hydrogen) atoms. The minimum atomic E-state index is -2.68. The second kappa shape index (κ2) is 6.93. The van der Waals surface area contributed by atoms with Gasteiger partial charge in [0.25, 0.3) is 6.43 Å². The second-order valence-corrected chi connectivity index (χ2v) is 4.53. The quantitative estimate of drug-likeness (QED) is 0.638. The third-order valence-electron chi connectivity index (χ3n) is 2.29. The molecule has 1 heterocycles. The van der Waals surface area contributed by atoms with E-state index < -0.39 is 12.4 Å². The topological polar surface area (TPSA) is 65.2 Å². The van der Waals surface area contributed by atoms with Crippen LogP contribution in [0, 0.1) is 3.57 Å². The average molecular weight is 370 g/mol. The van der Waals surface area contributed by atoms with E-state index in [-0.39, 0.29) is 28.8 Å². The first-order valence-electron chi connectivity index (χ1n) is 5.31. The zero-order valence-corrected chi connectivity index (χ0v) is 11.9. The largest absolute Gasteiger partial charge is 0.466 e. The number of aromatic nitrogens is 1. The Morgan fingerprint density at radius 2 is 2.28 bits per heavy atom. The second-order valence-electron chi connectivity index (χ2n) is 3.45. The molecule has 0 saturated carbocycles. The van der Waals surface area contributed by atoms with Crippen molar-refractivity contribution in [1.82, 2.24) is 4.98 Å². The molecule has 7 heteroatoms. The van der Waals surface area contributed by atoms with Crippen LogP contribution < -0.4 is 5.73 Å². The van der Waals surface area contributed by atoms with E-state index >= 15 is 0 Å². The van der Waals surface area contributed by atoms with Crippen molar-refractivity contribution in [3.05, 3.63) is 26.6 Å². The van der Waals surface area contributed by atoms with Crippen molar-refractivity contribution in [1.29, 1.82) is 0 Å². The van der Waals surface area contributed by atoms with Crippen molar-refractivity contribution in [3.63, 3.8) is 0 Å². The van der Waals surface area contributed by atoms with Gasteiger partial charge in [-0.15, -0.1) is 0 Å². The number of hydrogen-bond donors (Lipinski definition) is 1. The zero-order chi connectivity index (χ0) is 13.7. The van der Waals surface area contributed by atoms with Crippen LogP contribution in [0.4, 0.5) is 8.78 Å². The Morgan fingerprint density at radius 3 is 2.78 bits per heavy atom. The summed E-state index contributed by atoms with van der Waals surface area (Å²) in [5, 5.41) is 0. The van der Waals surface area contributed by atoms with E-state index in [1.54, 1.807) is 29.5 Å². The first-order valence-corrected chi connectivity index (χ1v) is 6.39. The van der Waals surface area contributed by atoms with Crippen LogP contribution in [0.15, 0.2) is 6.20 Å². The standard InChI is InChI=1S/C11H13F2IN2O2/c1-2-18-8(17)3-7-6(4-15)5-16-10(9(7)14)11(12)13/h5,11H,2-4,15H2,1H3. The first kappa shape index (κ1) is 15.2. The highest BCUT2D eigenvalue weighted by molar-refractivity contribution is 14.1. The molecule has 1 aromatic heterocycles. The molecular weight excluding hydrogens is 357 g/mol. The Morgan fingerprint density at radius 1 is 1.61 bits per heavy atom. The number of hydrogen-bond acceptors (Lipinski definition) is 4. The Hall–Kier alpha value is -0.830. The van der Waals surface area contributed by atoms with Gasteiger partial charge in [-0.1, -0.05) is 0 Å². The van der Waals surface area contributed by atoms with Crippen molar-refractivity contribution in [2.75, 3.05) is 6.61 Å². The highest BCUT2D eigenvalue weighted by Crippen LogP contribution is 2.27. The molecule has 0 unspecified atom stereocenters. The van der Waals surface area contributed by atoms with E-state index in [0.29, 0.717) is 11.1 Å². The molecule has 0 aromatic carbocycles. The Bertz CT molecular complexity index is 441. The Balaban J connectivity index is 3.13. The maximum Gasteiger partial charge on any atom is 0.310 e. The number of carbonyl (C=O) groups excluding carboxylic acids is 1. The fourth-order valence-corrected chi connectivity index (χ4v) is 2.36. The zero-order valence-electron chi connectivity index (χ0n) is 9.75. The van der Waals surface area contributed by atoms with Gasteiger partial charge < -0.3 is 10.5 Å². The number of halogens is 3. The van der Waals surface area contributed by atoms with Gasteiger partial charge >= 0.3 is 5.97 Å². The van der Waals surface area contributed by atoms with Gasteiger partial charge in [0.2, 0.25) is 0 Å². The van der Waals surface area contributed by atoms with Gasteiger partial charge in [0.15, 0.2) is 0 Å². The number of nitrogens with zero attached hydrogens (tertiary/aromatic N) is 1. The first-order chi connectivity index (χ1) is 8.51. The van der Waals surface area contributed by atoms with E-state index in [1.165, 1.54) is 6.20 Å². The molecule has 0 atom stereocenters. The molecule has 4 nitrogen and oxygen atoms in total. The normalized spacial score (nSPS) is 10.8. The molecule has 0 fully saturated rings. The van der Waals surface area contributed by atoms with Crippen LogP contribution in [0.5, 0.6) is 0 Å². The summed E-state index contributed by atoms with van der Waals surface area (Å²) in [5.41, 5.74) is 6.24. The van der Waals surface area contributed by atoms with E-state index in [2.05, 4.69) is 4.98 Å². The summed E-state index contributed by atoms with van der Waals surface area (Å²) in [6, 6.07) is 0. The fraction of sp³-hybridized carbons (Fsp3) is 0.455.